The van der Waals surface area contributed by atoms with Crippen molar-refractivity contribution in [2.75, 3.05) is 39.8 Å². The number of halogens is 3. The first-order valence-electron chi connectivity index (χ1n) is 8.09. The first-order valence-corrected chi connectivity index (χ1v) is 8.09. The van der Waals surface area contributed by atoms with Crippen LogP contribution in [0.25, 0.3) is 0 Å². The molecule has 0 radical (unpaired) electrons. The molecule has 2 aliphatic rings. The Labute approximate surface area is 134 Å². The largest absolute Gasteiger partial charge is 0.406 e. The average Bonchev–Trinajstić information content (AvgIpc) is 2.86. The third-order valence-electron chi connectivity index (χ3n) is 4.69. The molecule has 0 aromatic heterocycles. The maximum atomic E-state index is 12.3. The van der Waals surface area contributed by atoms with Crippen molar-refractivity contribution >= 4 is 11.9 Å². The highest BCUT2D eigenvalue weighted by Crippen LogP contribution is 2.47. The maximum Gasteiger partial charge on any atom is 0.406 e. The van der Waals surface area contributed by atoms with Gasteiger partial charge >= 0.3 is 6.18 Å². The number of rotatable bonds is 4. The number of alkyl halides is 3. The van der Waals surface area contributed by atoms with E-state index in [4.69, 9.17) is 0 Å². The number of hydrogen-bond acceptors (Lipinski definition) is 2. The summed E-state index contributed by atoms with van der Waals surface area (Å²) in [5.41, 5.74) is 0.396. The van der Waals surface area contributed by atoms with Gasteiger partial charge in [0.05, 0.1) is 0 Å². The summed E-state index contributed by atoms with van der Waals surface area (Å²) in [4.78, 5) is 18.9. The third-order valence-corrected chi connectivity index (χ3v) is 4.69. The molecule has 5 nitrogen and oxygen atoms in total. The van der Waals surface area contributed by atoms with Gasteiger partial charge in [0.25, 0.3) is 0 Å². The van der Waals surface area contributed by atoms with E-state index in [-0.39, 0.29) is 6.54 Å². The number of likely N-dealkylation sites (N-methyl/N-ethyl adjacent to an activating group) is 1. The van der Waals surface area contributed by atoms with E-state index in [1.165, 1.54) is 19.3 Å². The minimum absolute atomic E-state index is 0.265. The fraction of sp³-hybridized carbons (Fsp3) is 0.867. The lowest BCUT2D eigenvalue weighted by Crippen LogP contribution is -2.43. The zero-order chi connectivity index (χ0) is 17.1. The molecule has 0 bridgehead atoms. The van der Waals surface area contributed by atoms with Gasteiger partial charge in [-0.15, -0.1) is 0 Å². The quantitative estimate of drug-likeness (QED) is 0.630. The van der Waals surface area contributed by atoms with Crippen molar-refractivity contribution in [2.24, 2.45) is 10.4 Å². The summed E-state index contributed by atoms with van der Waals surface area (Å²) < 4.78 is 36.9. The molecule has 1 aliphatic carbocycles. The Morgan fingerprint density at radius 1 is 1.35 bits per heavy atom. The fourth-order valence-electron chi connectivity index (χ4n) is 3.25. The molecule has 132 valence electrons. The van der Waals surface area contributed by atoms with Gasteiger partial charge in [0.2, 0.25) is 5.91 Å². The first-order chi connectivity index (χ1) is 10.7. The standard InChI is InChI=1S/C15H25F3N4O/c1-3-19-13(22-8-7-14(10-22)5-4-6-14)20-9-12(23)21(2)11-15(16,17)18/h3-11H2,1-2H3,(H,19,20). The van der Waals surface area contributed by atoms with Crippen LogP contribution >= 0.6 is 0 Å². The number of hydrogen-bond donors (Lipinski definition) is 1. The second kappa shape index (κ2) is 6.97. The molecule has 1 aliphatic heterocycles. The van der Waals surface area contributed by atoms with Crippen LogP contribution in [0.1, 0.15) is 32.6 Å². The highest BCUT2D eigenvalue weighted by molar-refractivity contribution is 5.85. The number of nitrogens with zero attached hydrogens (tertiary/aromatic N) is 3. The van der Waals surface area contributed by atoms with Crippen LogP contribution in [0.5, 0.6) is 0 Å². The molecular formula is C15H25F3N4O. The van der Waals surface area contributed by atoms with Crippen LogP contribution in [0.4, 0.5) is 13.2 Å². The van der Waals surface area contributed by atoms with Gasteiger partial charge in [-0.2, -0.15) is 13.2 Å². The predicted octanol–water partition coefficient (Wildman–Crippen LogP) is 1.85. The maximum absolute atomic E-state index is 12.3. The van der Waals surface area contributed by atoms with Gasteiger partial charge < -0.3 is 15.1 Å². The average molecular weight is 334 g/mol. The molecule has 8 heteroatoms. The van der Waals surface area contributed by atoms with Crippen LogP contribution in [0.2, 0.25) is 0 Å². The topological polar surface area (TPSA) is 47.9 Å². The van der Waals surface area contributed by atoms with Crippen LogP contribution < -0.4 is 5.32 Å². The molecule has 23 heavy (non-hydrogen) atoms. The van der Waals surface area contributed by atoms with Crippen LogP contribution in [-0.2, 0) is 4.79 Å². The van der Waals surface area contributed by atoms with E-state index in [2.05, 4.69) is 15.2 Å². The molecule has 1 N–H and O–H groups in total. The van der Waals surface area contributed by atoms with Crippen molar-refractivity contribution in [3.8, 4) is 0 Å². The van der Waals surface area contributed by atoms with Gasteiger partial charge in [-0.3, -0.25) is 4.79 Å². The molecule has 0 atom stereocenters. The molecule has 0 unspecified atom stereocenters. The lowest BCUT2D eigenvalue weighted by molar-refractivity contribution is -0.157. The van der Waals surface area contributed by atoms with E-state index in [0.29, 0.717) is 22.8 Å². The van der Waals surface area contributed by atoms with Gasteiger partial charge in [-0.1, -0.05) is 6.42 Å². The van der Waals surface area contributed by atoms with Crippen LogP contribution in [-0.4, -0.2) is 67.6 Å². The van der Waals surface area contributed by atoms with Gasteiger partial charge in [-0.25, -0.2) is 4.99 Å². The van der Waals surface area contributed by atoms with Crippen LogP contribution in [0, 0.1) is 5.41 Å². The second-order valence-electron chi connectivity index (χ2n) is 6.56. The summed E-state index contributed by atoms with van der Waals surface area (Å²) in [7, 11) is 1.15. The first kappa shape index (κ1) is 17.9. The highest BCUT2D eigenvalue weighted by Gasteiger charge is 2.43. The molecule has 0 aromatic carbocycles. The summed E-state index contributed by atoms with van der Waals surface area (Å²) in [5, 5.41) is 3.14. The van der Waals surface area contributed by atoms with E-state index in [1.54, 1.807) is 0 Å². The summed E-state index contributed by atoms with van der Waals surface area (Å²) in [6, 6.07) is 0. The molecule has 1 heterocycles. The van der Waals surface area contributed by atoms with Gasteiger partial charge in [-0.05, 0) is 31.6 Å². The zero-order valence-electron chi connectivity index (χ0n) is 13.7. The number of aliphatic imine (C=N–C) groups is 1. The fourth-order valence-corrected chi connectivity index (χ4v) is 3.25. The van der Waals surface area contributed by atoms with Crippen molar-refractivity contribution < 1.29 is 18.0 Å². The second-order valence-corrected chi connectivity index (χ2v) is 6.56. The smallest absolute Gasteiger partial charge is 0.357 e. The van der Waals surface area contributed by atoms with E-state index in [9.17, 15) is 18.0 Å². The number of carbonyl (C=O) groups excluding carboxylic acids is 1. The molecule has 0 aromatic rings. The number of nitrogens with one attached hydrogen (secondary N) is 1. The van der Waals surface area contributed by atoms with Crippen molar-refractivity contribution in [1.82, 2.24) is 15.1 Å². The molecule has 2 fully saturated rings. The number of carbonyl (C=O) groups is 1. The Kier molecular flexibility index (Phi) is 5.41. The predicted molar refractivity (Wildman–Crippen MR) is 82.1 cm³/mol. The lowest BCUT2D eigenvalue weighted by Gasteiger charge is -2.38. The number of likely N-dealkylation sites (tertiary alicyclic amines) is 1. The Balaban J connectivity index is 1.92. The molecule has 1 saturated heterocycles. The van der Waals surface area contributed by atoms with E-state index < -0.39 is 18.6 Å². The van der Waals surface area contributed by atoms with E-state index >= 15 is 0 Å². The minimum atomic E-state index is -4.38. The molecule has 1 saturated carbocycles. The molecule has 2 rings (SSSR count). The summed E-state index contributed by atoms with van der Waals surface area (Å²) in [6.07, 6.45) is 0.470. The molecule has 1 spiro atoms. The Morgan fingerprint density at radius 2 is 2.04 bits per heavy atom. The van der Waals surface area contributed by atoms with Crippen molar-refractivity contribution in [3.05, 3.63) is 0 Å². The van der Waals surface area contributed by atoms with Gasteiger partial charge in [0.15, 0.2) is 5.96 Å². The normalized spacial score (nSPS) is 20.6. The van der Waals surface area contributed by atoms with Gasteiger partial charge in [0, 0.05) is 26.7 Å². The van der Waals surface area contributed by atoms with Crippen LogP contribution in [0.3, 0.4) is 0 Å². The Hall–Kier alpha value is -1.47. The third kappa shape index (κ3) is 4.75. The molecular weight excluding hydrogens is 309 g/mol. The Morgan fingerprint density at radius 3 is 2.52 bits per heavy atom. The highest BCUT2D eigenvalue weighted by atomic mass is 19.4. The van der Waals surface area contributed by atoms with Gasteiger partial charge in [0.1, 0.15) is 13.1 Å². The number of guanidine groups is 1. The van der Waals surface area contributed by atoms with E-state index in [1.807, 2.05) is 6.92 Å². The summed E-state index contributed by atoms with van der Waals surface area (Å²) in [5.74, 6) is 0.000293. The monoisotopic (exact) mass is 334 g/mol. The molecule has 1 amide bonds. The van der Waals surface area contributed by atoms with Crippen molar-refractivity contribution in [3.63, 3.8) is 0 Å². The SMILES string of the molecule is CCNC(=NCC(=O)N(C)CC(F)(F)F)N1CCC2(CCC2)C1. The lowest BCUT2D eigenvalue weighted by atomic mass is 9.68. The van der Waals surface area contributed by atoms with Crippen molar-refractivity contribution in [1.29, 1.82) is 0 Å². The van der Waals surface area contributed by atoms with Crippen molar-refractivity contribution in [2.45, 2.75) is 38.8 Å². The van der Waals surface area contributed by atoms with Crippen LogP contribution in [0.15, 0.2) is 4.99 Å². The summed E-state index contributed by atoms with van der Waals surface area (Å²) in [6.45, 7) is 2.89. The Bertz CT molecular complexity index is 460. The van der Waals surface area contributed by atoms with E-state index in [0.717, 1.165) is 26.6 Å². The number of amides is 1. The zero-order valence-corrected chi connectivity index (χ0v) is 13.7. The minimum Gasteiger partial charge on any atom is -0.357 e. The summed E-state index contributed by atoms with van der Waals surface area (Å²) >= 11 is 0.